The first-order chi connectivity index (χ1) is 9.33. The van der Waals surface area contributed by atoms with E-state index in [-0.39, 0.29) is 5.75 Å². The van der Waals surface area contributed by atoms with E-state index in [9.17, 15) is 5.11 Å². The number of thiophene rings is 1. The maximum atomic E-state index is 10.2. The minimum absolute atomic E-state index is 0.180. The molecule has 0 bridgehead atoms. The fourth-order valence-electron chi connectivity index (χ4n) is 2.03. The highest BCUT2D eigenvalue weighted by Crippen LogP contribution is 2.42. The molecule has 0 radical (unpaired) electrons. The second-order valence-electron chi connectivity index (χ2n) is 4.12. The third-order valence-electron chi connectivity index (χ3n) is 2.93. The van der Waals surface area contributed by atoms with Crippen LogP contribution in [0.3, 0.4) is 0 Å². The fourth-order valence-corrected chi connectivity index (χ4v) is 3.00. The highest BCUT2D eigenvalue weighted by Gasteiger charge is 2.18. The van der Waals surface area contributed by atoms with Crippen molar-refractivity contribution in [1.29, 1.82) is 0 Å². The number of rotatable bonds is 1. The highest BCUT2D eigenvalue weighted by atomic mass is 32.1. The number of aromatic hydroxyl groups is 1. The molecule has 19 heavy (non-hydrogen) atoms. The van der Waals surface area contributed by atoms with Gasteiger partial charge in [-0.05, 0) is 24.3 Å². The number of benzene rings is 1. The summed E-state index contributed by atoms with van der Waals surface area (Å²) in [5, 5.41) is 11.0. The first-order valence-corrected chi connectivity index (χ1v) is 6.57. The minimum atomic E-state index is 0.180. The van der Waals surface area contributed by atoms with Crippen molar-refractivity contribution in [3.63, 3.8) is 0 Å². The maximum absolute atomic E-state index is 10.2. The van der Waals surface area contributed by atoms with Gasteiger partial charge in [-0.25, -0.2) is 9.97 Å². The fraction of sp³-hybridized carbons (Fsp3) is 0. The normalized spacial score (nSPS) is 11.4. The van der Waals surface area contributed by atoms with E-state index >= 15 is 0 Å². The molecule has 0 aliphatic rings. The van der Waals surface area contributed by atoms with Gasteiger partial charge in [-0.3, -0.25) is 0 Å². The molecule has 0 amide bonds. The third kappa shape index (κ3) is 1.52. The van der Waals surface area contributed by atoms with Crippen molar-refractivity contribution < 1.29 is 9.52 Å². The van der Waals surface area contributed by atoms with E-state index in [0.29, 0.717) is 16.4 Å². The predicted octanol–water partition coefficient (Wildman–Crippen LogP) is 3.81. The Balaban J connectivity index is 2.01. The molecule has 0 unspecified atom stereocenters. The molecule has 0 fully saturated rings. The average molecular weight is 268 g/mol. The van der Waals surface area contributed by atoms with Crippen molar-refractivity contribution in [2.24, 2.45) is 0 Å². The Kier molecular flexibility index (Phi) is 2.10. The van der Waals surface area contributed by atoms with E-state index in [1.807, 2.05) is 30.3 Å². The van der Waals surface area contributed by atoms with Crippen LogP contribution < -0.4 is 0 Å². The Morgan fingerprint density at radius 1 is 1.11 bits per heavy atom. The lowest BCUT2D eigenvalue weighted by molar-refractivity contribution is 0.482. The molecule has 3 aromatic heterocycles. The van der Waals surface area contributed by atoms with Crippen molar-refractivity contribution in [3.8, 4) is 16.5 Å². The number of aromatic nitrogens is 2. The second kappa shape index (κ2) is 3.80. The summed E-state index contributed by atoms with van der Waals surface area (Å²) in [4.78, 5) is 10.0. The number of hydrogen-bond acceptors (Lipinski definition) is 5. The summed E-state index contributed by atoms with van der Waals surface area (Å²) in [5.41, 5.74) is 1.49. The van der Waals surface area contributed by atoms with E-state index in [0.717, 1.165) is 15.7 Å². The van der Waals surface area contributed by atoms with Gasteiger partial charge in [0.15, 0.2) is 5.58 Å². The van der Waals surface area contributed by atoms with E-state index in [1.165, 1.54) is 11.3 Å². The van der Waals surface area contributed by atoms with Crippen LogP contribution in [0.15, 0.2) is 47.0 Å². The van der Waals surface area contributed by atoms with Crippen LogP contribution in [0.4, 0.5) is 0 Å². The molecule has 4 rings (SSSR count). The lowest BCUT2D eigenvalue weighted by Gasteiger charge is -1.90. The minimum Gasteiger partial charge on any atom is -0.506 e. The molecule has 4 aromatic rings. The van der Waals surface area contributed by atoms with Crippen LogP contribution in [0.25, 0.3) is 32.1 Å². The van der Waals surface area contributed by atoms with Gasteiger partial charge in [0.05, 0.1) is 5.39 Å². The smallest absolute Gasteiger partial charge is 0.241 e. The molecule has 4 nitrogen and oxygen atoms in total. The number of hydrogen-bond donors (Lipinski definition) is 1. The molecular weight excluding hydrogens is 260 g/mol. The summed E-state index contributed by atoms with van der Waals surface area (Å²) in [6.45, 7) is 0. The summed E-state index contributed by atoms with van der Waals surface area (Å²) < 4.78 is 5.68. The van der Waals surface area contributed by atoms with E-state index in [1.54, 1.807) is 12.3 Å². The van der Waals surface area contributed by atoms with Gasteiger partial charge in [0.1, 0.15) is 21.0 Å². The van der Waals surface area contributed by atoms with Gasteiger partial charge in [0.2, 0.25) is 5.89 Å². The Morgan fingerprint density at radius 2 is 2.00 bits per heavy atom. The van der Waals surface area contributed by atoms with Gasteiger partial charge in [-0.1, -0.05) is 12.1 Å². The summed E-state index contributed by atoms with van der Waals surface area (Å²) in [6.07, 6.45) is 1.70. The van der Waals surface area contributed by atoms with Gasteiger partial charge in [0.25, 0.3) is 0 Å². The summed E-state index contributed by atoms with van der Waals surface area (Å²) in [5.74, 6) is 0.612. The van der Waals surface area contributed by atoms with Gasteiger partial charge >= 0.3 is 0 Å². The summed E-state index contributed by atoms with van der Waals surface area (Å²) in [6, 6.07) is 11.2. The van der Waals surface area contributed by atoms with Crippen LogP contribution in [0, 0.1) is 0 Å². The standard InChI is InChI=1S/C14H8N2O2S/c17-11-8-4-3-7-15-14(8)19-12(11)13-16-9-5-1-2-6-10(9)18-13/h1-7,17H. The molecule has 3 heterocycles. The predicted molar refractivity (Wildman–Crippen MR) is 74.3 cm³/mol. The van der Waals surface area contributed by atoms with Crippen LogP contribution in [0.2, 0.25) is 0 Å². The van der Waals surface area contributed by atoms with Gasteiger partial charge in [-0.2, -0.15) is 0 Å². The number of para-hydroxylation sites is 2. The largest absolute Gasteiger partial charge is 0.506 e. The molecule has 0 saturated carbocycles. The number of oxazole rings is 1. The third-order valence-corrected chi connectivity index (χ3v) is 4.02. The molecule has 0 saturated heterocycles. The zero-order valence-corrected chi connectivity index (χ0v) is 10.5. The van der Waals surface area contributed by atoms with Gasteiger partial charge < -0.3 is 9.52 Å². The zero-order valence-electron chi connectivity index (χ0n) is 9.70. The molecule has 92 valence electrons. The first kappa shape index (κ1) is 10.5. The van der Waals surface area contributed by atoms with Crippen LogP contribution in [-0.2, 0) is 0 Å². The summed E-state index contributed by atoms with van der Waals surface area (Å²) in [7, 11) is 0. The van der Waals surface area contributed by atoms with Crippen LogP contribution >= 0.6 is 11.3 Å². The molecule has 5 heteroatoms. The molecular formula is C14H8N2O2S. The molecule has 0 aliphatic carbocycles. The second-order valence-corrected chi connectivity index (χ2v) is 5.12. The van der Waals surface area contributed by atoms with Crippen molar-refractivity contribution in [2.75, 3.05) is 0 Å². The summed E-state index contributed by atoms with van der Waals surface area (Å²) >= 11 is 1.37. The van der Waals surface area contributed by atoms with Crippen LogP contribution in [0.1, 0.15) is 0 Å². The Labute approximate surface area is 112 Å². The van der Waals surface area contributed by atoms with E-state index in [2.05, 4.69) is 9.97 Å². The SMILES string of the molecule is Oc1c(-c2nc3ccccc3o2)sc2ncccc12. The quantitative estimate of drug-likeness (QED) is 0.570. The van der Waals surface area contributed by atoms with Crippen LogP contribution in [-0.4, -0.2) is 15.1 Å². The molecule has 1 N–H and O–H groups in total. The molecule has 0 atom stereocenters. The Hall–Kier alpha value is -2.40. The first-order valence-electron chi connectivity index (χ1n) is 5.75. The van der Waals surface area contributed by atoms with Crippen LogP contribution in [0.5, 0.6) is 5.75 Å². The molecule has 0 spiro atoms. The van der Waals surface area contributed by atoms with Crippen molar-refractivity contribution >= 4 is 32.7 Å². The molecule has 0 aliphatic heterocycles. The Morgan fingerprint density at radius 3 is 2.84 bits per heavy atom. The topological polar surface area (TPSA) is 59.2 Å². The van der Waals surface area contributed by atoms with Gasteiger partial charge in [-0.15, -0.1) is 11.3 Å². The monoisotopic (exact) mass is 268 g/mol. The van der Waals surface area contributed by atoms with E-state index in [4.69, 9.17) is 4.42 Å². The van der Waals surface area contributed by atoms with Crippen molar-refractivity contribution in [1.82, 2.24) is 9.97 Å². The van der Waals surface area contributed by atoms with Crippen molar-refractivity contribution in [2.45, 2.75) is 0 Å². The number of fused-ring (bicyclic) bond motifs is 2. The zero-order chi connectivity index (χ0) is 12.8. The maximum Gasteiger partial charge on any atom is 0.241 e. The molecule has 1 aromatic carbocycles. The lowest BCUT2D eigenvalue weighted by atomic mass is 10.3. The lowest BCUT2D eigenvalue weighted by Crippen LogP contribution is -1.71. The average Bonchev–Trinajstić information content (AvgIpc) is 3.00. The van der Waals surface area contributed by atoms with Gasteiger partial charge in [0, 0.05) is 6.20 Å². The highest BCUT2D eigenvalue weighted by molar-refractivity contribution is 7.22. The number of nitrogens with zero attached hydrogens (tertiary/aromatic N) is 2. The Bertz CT molecular complexity index is 862. The van der Waals surface area contributed by atoms with E-state index < -0.39 is 0 Å². The number of pyridine rings is 1. The van der Waals surface area contributed by atoms with Crippen molar-refractivity contribution in [3.05, 3.63) is 42.6 Å².